The first kappa shape index (κ1) is 35.2. The second kappa shape index (κ2) is 16.6. The molecule has 43 heavy (non-hydrogen) atoms. The van der Waals surface area contributed by atoms with Gasteiger partial charge in [-0.1, -0.05) is 37.6 Å². The molecule has 2 heterocycles. The van der Waals surface area contributed by atoms with Gasteiger partial charge in [0.15, 0.2) is 5.82 Å². The summed E-state index contributed by atoms with van der Waals surface area (Å²) in [5, 5.41) is 18.1. The van der Waals surface area contributed by atoms with E-state index in [9.17, 15) is 22.8 Å². The van der Waals surface area contributed by atoms with Crippen molar-refractivity contribution in [3.63, 3.8) is 0 Å². The molecule has 1 aliphatic rings. The summed E-state index contributed by atoms with van der Waals surface area (Å²) in [7, 11) is 0. The van der Waals surface area contributed by atoms with Crippen LogP contribution in [0.1, 0.15) is 61.8 Å². The molecule has 3 rings (SSSR count). The predicted molar refractivity (Wildman–Crippen MR) is 151 cm³/mol. The summed E-state index contributed by atoms with van der Waals surface area (Å²) in [6.07, 6.45) is -1.18. The highest BCUT2D eigenvalue weighted by Crippen LogP contribution is 2.24. The zero-order valence-electron chi connectivity index (χ0n) is 24.0. The molecule has 0 radical (unpaired) electrons. The topological polar surface area (TPSA) is 149 Å². The Kier molecular flexibility index (Phi) is 13.6. The van der Waals surface area contributed by atoms with Crippen molar-refractivity contribution in [1.82, 2.24) is 20.3 Å². The molecule has 1 aromatic carbocycles. The molecular formula is C28H34ClF3N6O5. The van der Waals surface area contributed by atoms with Crippen molar-refractivity contribution in [1.29, 1.82) is 5.26 Å². The number of nitriles is 1. The number of benzene rings is 1. The summed E-state index contributed by atoms with van der Waals surface area (Å²) in [5.74, 6) is -2.42. The number of carbonyl (C=O) groups excluding carboxylic acids is 2. The van der Waals surface area contributed by atoms with Crippen LogP contribution in [0.25, 0.3) is 0 Å². The Labute approximate surface area is 252 Å². The molecule has 1 fully saturated rings. The number of nitrogens with zero attached hydrogens (tertiary/aromatic N) is 5. The number of aliphatic carboxylic acids is 1. The number of likely N-dealkylation sites (tertiary alicyclic amines) is 1. The largest absolute Gasteiger partial charge is 0.490 e. The molecule has 0 spiro atoms. The van der Waals surface area contributed by atoms with Gasteiger partial charge in [-0.15, -0.1) is 0 Å². The number of hydrazine groups is 1. The van der Waals surface area contributed by atoms with Gasteiger partial charge in [0.2, 0.25) is 5.82 Å². The van der Waals surface area contributed by atoms with Crippen LogP contribution in [-0.4, -0.2) is 70.2 Å². The minimum absolute atomic E-state index is 0.0241. The van der Waals surface area contributed by atoms with E-state index in [1.54, 1.807) is 17.1 Å². The lowest BCUT2D eigenvalue weighted by atomic mass is 9.94. The molecule has 1 aliphatic heterocycles. The third kappa shape index (κ3) is 12.0. The van der Waals surface area contributed by atoms with Crippen molar-refractivity contribution in [3.8, 4) is 6.07 Å². The average molecular weight is 627 g/mol. The number of ether oxygens (including phenoxy) is 1. The number of amides is 1. The molecule has 2 aromatic rings. The molecular weight excluding hydrogens is 593 g/mol. The quantitative estimate of drug-likeness (QED) is 0.283. The van der Waals surface area contributed by atoms with Crippen LogP contribution >= 0.6 is 11.6 Å². The number of hydrogen-bond donors (Lipinski definition) is 2. The summed E-state index contributed by atoms with van der Waals surface area (Å²) >= 11 is 6.27. The number of carboxylic acids is 1. The maximum absolute atomic E-state index is 13.0. The first-order chi connectivity index (χ1) is 20.2. The van der Waals surface area contributed by atoms with Gasteiger partial charge in [-0.05, 0) is 55.8 Å². The smallest absolute Gasteiger partial charge is 0.475 e. The molecule has 0 bridgehead atoms. The normalized spacial score (nSPS) is 15.1. The summed E-state index contributed by atoms with van der Waals surface area (Å²) < 4.78 is 36.8. The molecule has 1 amide bonds. The van der Waals surface area contributed by atoms with Crippen LogP contribution in [0, 0.1) is 23.2 Å². The van der Waals surface area contributed by atoms with E-state index in [2.05, 4.69) is 20.3 Å². The van der Waals surface area contributed by atoms with Gasteiger partial charge in [0, 0.05) is 31.6 Å². The van der Waals surface area contributed by atoms with E-state index in [0.29, 0.717) is 31.1 Å². The fourth-order valence-electron chi connectivity index (χ4n) is 4.28. The third-order valence-corrected chi connectivity index (χ3v) is 6.36. The molecule has 1 unspecified atom stereocenters. The summed E-state index contributed by atoms with van der Waals surface area (Å²) in [6.45, 7) is 9.30. The van der Waals surface area contributed by atoms with Gasteiger partial charge in [-0.25, -0.2) is 9.78 Å². The second-order valence-electron chi connectivity index (χ2n) is 10.2. The Morgan fingerprint density at radius 2 is 1.93 bits per heavy atom. The van der Waals surface area contributed by atoms with Crippen LogP contribution in [0.5, 0.6) is 0 Å². The Hall–Kier alpha value is -3.96. The van der Waals surface area contributed by atoms with Gasteiger partial charge in [0.1, 0.15) is 11.1 Å². The third-order valence-electron chi connectivity index (χ3n) is 6.09. The molecule has 15 heteroatoms. The van der Waals surface area contributed by atoms with E-state index in [-0.39, 0.29) is 34.5 Å². The Balaban J connectivity index is 0.000000821. The number of aromatic nitrogens is 2. The number of hydrogen-bond acceptors (Lipinski definition) is 9. The SMILES string of the molecule is CCOC(=O)CC1CCCN(Cc2ccc(C(=O)NN(CC(C)C)c3nc(C#N)ncc3Cl)cc2)C1.O=C(O)C(F)(F)F. The van der Waals surface area contributed by atoms with Gasteiger partial charge in [-0.2, -0.15) is 23.4 Å². The first-order valence-electron chi connectivity index (χ1n) is 13.5. The maximum atomic E-state index is 13.0. The number of carbonyl (C=O) groups is 3. The number of rotatable bonds is 10. The highest BCUT2D eigenvalue weighted by molar-refractivity contribution is 6.32. The number of halogens is 4. The number of alkyl halides is 3. The lowest BCUT2D eigenvalue weighted by Crippen LogP contribution is -2.45. The lowest BCUT2D eigenvalue weighted by Gasteiger charge is -2.32. The molecule has 1 atom stereocenters. The van der Waals surface area contributed by atoms with Gasteiger partial charge in [0.25, 0.3) is 5.91 Å². The standard InChI is InChI=1S/C26H33ClN6O3.C2HF3O2/c1-4-36-24(34)12-20-6-5-11-32(17-20)16-19-7-9-21(10-8-19)26(35)31-33(15-18(2)3)25-22(27)14-29-23(13-28)30-25;3-2(4,5)1(6)7/h7-10,14,18,20H,4-6,11-12,15-17H2,1-3H3,(H,31,35);(H,6,7). The van der Waals surface area contributed by atoms with Gasteiger partial charge < -0.3 is 9.84 Å². The number of piperidine rings is 1. The van der Waals surface area contributed by atoms with Crippen LogP contribution < -0.4 is 10.4 Å². The molecule has 11 nitrogen and oxygen atoms in total. The van der Waals surface area contributed by atoms with Crippen LogP contribution in [-0.2, 0) is 20.9 Å². The second-order valence-corrected chi connectivity index (χ2v) is 10.6. The Morgan fingerprint density at radius 3 is 2.49 bits per heavy atom. The van der Waals surface area contributed by atoms with Crippen molar-refractivity contribution >= 4 is 35.3 Å². The monoisotopic (exact) mass is 626 g/mol. The molecule has 2 N–H and O–H groups in total. The fourth-order valence-corrected chi connectivity index (χ4v) is 4.47. The Bertz CT molecular complexity index is 1290. The van der Waals surface area contributed by atoms with Crippen molar-refractivity contribution in [2.45, 2.75) is 52.8 Å². The maximum Gasteiger partial charge on any atom is 0.490 e. The van der Waals surface area contributed by atoms with Crippen LogP contribution in [0.4, 0.5) is 19.0 Å². The van der Waals surface area contributed by atoms with Crippen molar-refractivity contribution < 1.29 is 37.4 Å². The fraction of sp³-hybridized carbons (Fsp3) is 0.500. The molecule has 1 saturated heterocycles. The number of carboxylic acid groups (broad SMARTS) is 1. The van der Waals surface area contributed by atoms with E-state index in [4.69, 9.17) is 31.5 Å². The summed E-state index contributed by atoms with van der Waals surface area (Å²) in [4.78, 5) is 44.1. The minimum Gasteiger partial charge on any atom is -0.475 e. The highest BCUT2D eigenvalue weighted by atomic mass is 35.5. The first-order valence-corrected chi connectivity index (χ1v) is 13.9. The summed E-state index contributed by atoms with van der Waals surface area (Å²) in [5.41, 5.74) is 4.46. The van der Waals surface area contributed by atoms with E-state index in [0.717, 1.165) is 38.0 Å². The average Bonchev–Trinajstić information content (AvgIpc) is 2.93. The van der Waals surface area contributed by atoms with E-state index < -0.39 is 12.1 Å². The summed E-state index contributed by atoms with van der Waals surface area (Å²) in [6, 6.07) is 9.38. The van der Waals surface area contributed by atoms with Gasteiger partial charge >= 0.3 is 18.1 Å². The number of anilines is 1. The molecule has 1 aromatic heterocycles. The van der Waals surface area contributed by atoms with E-state index >= 15 is 0 Å². The number of nitrogens with one attached hydrogen (secondary N) is 1. The van der Waals surface area contributed by atoms with Gasteiger partial charge in [-0.3, -0.25) is 24.9 Å². The minimum atomic E-state index is -5.08. The van der Waals surface area contributed by atoms with Crippen molar-refractivity contribution in [2.75, 3.05) is 31.3 Å². The van der Waals surface area contributed by atoms with Gasteiger partial charge in [0.05, 0.1) is 12.8 Å². The molecule has 0 saturated carbocycles. The van der Waals surface area contributed by atoms with E-state index in [1.165, 1.54) is 6.20 Å². The molecule has 234 valence electrons. The van der Waals surface area contributed by atoms with Crippen LogP contribution in [0.15, 0.2) is 30.5 Å². The van der Waals surface area contributed by atoms with Crippen molar-refractivity contribution in [3.05, 3.63) is 52.4 Å². The highest BCUT2D eigenvalue weighted by Gasteiger charge is 2.38. The zero-order valence-corrected chi connectivity index (χ0v) is 24.8. The molecule has 0 aliphatic carbocycles. The zero-order chi connectivity index (χ0) is 32.2. The lowest BCUT2D eigenvalue weighted by molar-refractivity contribution is -0.192. The van der Waals surface area contributed by atoms with Crippen LogP contribution in [0.3, 0.4) is 0 Å². The van der Waals surface area contributed by atoms with Crippen LogP contribution in [0.2, 0.25) is 5.02 Å². The van der Waals surface area contributed by atoms with Crippen molar-refractivity contribution in [2.24, 2.45) is 11.8 Å². The predicted octanol–water partition coefficient (Wildman–Crippen LogP) is 4.61. The number of esters is 1. The van der Waals surface area contributed by atoms with E-state index in [1.807, 2.05) is 39.0 Å². The Morgan fingerprint density at radius 1 is 1.28 bits per heavy atom.